The number of rotatable bonds is 19. The lowest BCUT2D eigenvalue weighted by Crippen LogP contribution is -2.08. The van der Waals surface area contributed by atoms with Crippen molar-refractivity contribution in [3.8, 4) is 22.9 Å². The summed E-state index contributed by atoms with van der Waals surface area (Å²) in [5.74, 6) is 1.52. The van der Waals surface area contributed by atoms with Crippen LogP contribution in [0.3, 0.4) is 0 Å². The van der Waals surface area contributed by atoms with E-state index in [1.807, 2.05) is 42.7 Å². The van der Waals surface area contributed by atoms with Crippen LogP contribution in [0.25, 0.3) is 11.4 Å². The number of hydrogen-bond acceptors (Lipinski definition) is 5. The van der Waals surface area contributed by atoms with Crippen molar-refractivity contribution < 1.29 is 14.3 Å². The molecule has 0 aliphatic heterocycles. The summed E-state index contributed by atoms with van der Waals surface area (Å²) >= 11 is 0. The Kier molecular flexibility index (Phi) is 13.8. The maximum atomic E-state index is 12.6. The molecule has 0 saturated carbocycles. The number of nitrogens with zero attached hydrogens (tertiary/aromatic N) is 2. The Balaban J connectivity index is 1.38. The molecule has 1 heterocycles. The molecule has 208 valence electrons. The van der Waals surface area contributed by atoms with Gasteiger partial charge in [-0.3, -0.25) is 0 Å². The van der Waals surface area contributed by atoms with Crippen molar-refractivity contribution in [2.24, 2.45) is 0 Å². The van der Waals surface area contributed by atoms with Gasteiger partial charge >= 0.3 is 5.97 Å². The predicted octanol–water partition coefficient (Wildman–Crippen LogP) is 9.17. The van der Waals surface area contributed by atoms with E-state index in [0.29, 0.717) is 23.7 Å². The normalized spacial score (nSPS) is 10.8. The molecule has 1 aromatic heterocycles. The number of aromatic nitrogens is 2. The maximum Gasteiger partial charge on any atom is 0.343 e. The van der Waals surface area contributed by atoms with E-state index in [-0.39, 0.29) is 0 Å². The smallest absolute Gasteiger partial charge is 0.343 e. The first kappa shape index (κ1) is 30.1. The zero-order valence-corrected chi connectivity index (χ0v) is 23.6. The number of benzene rings is 2. The van der Waals surface area contributed by atoms with Gasteiger partial charge in [-0.1, -0.05) is 64.4 Å². The Morgan fingerprint density at radius 1 is 0.769 bits per heavy atom. The predicted molar refractivity (Wildman–Crippen MR) is 159 cm³/mol. The molecule has 0 saturated heterocycles. The number of esters is 1. The minimum absolute atomic E-state index is 0.398. The second-order valence-corrected chi connectivity index (χ2v) is 10.1. The van der Waals surface area contributed by atoms with Crippen LogP contribution in [0.4, 0.5) is 0 Å². The molecule has 2 aromatic carbocycles. The molecule has 5 nitrogen and oxygen atoms in total. The quantitative estimate of drug-likeness (QED) is 0.0672. The second-order valence-electron chi connectivity index (χ2n) is 10.1. The number of ether oxygens (including phenoxy) is 2. The highest BCUT2D eigenvalue weighted by molar-refractivity contribution is 5.91. The maximum absolute atomic E-state index is 12.6. The number of carbonyl (C=O) groups excluding carboxylic acids is 1. The highest BCUT2D eigenvalue weighted by atomic mass is 16.5. The van der Waals surface area contributed by atoms with Crippen LogP contribution in [0.15, 0.2) is 73.6 Å². The number of aryl methyl sites for hydroxylation is 1. The zero-order chi connectivity index (χ0) is 27.5. The average molecular weight is 529 g/mol. The van der Waals surface area contributed by atoms with Crippen molar-refractivity contribution in [1.29, 1.82) is 0 Å². The molecule has 0 unspecified atom stereocenters. The molecule has 39 heavy (non-hydrogen) atoms. The molecule has 0 aliphatic carbocycles. The molecule has 0 N–H and O–H groups in total. The molecule has 0 amide bonds. The molecule has 0 aliphatic rings. The Hall–Kier alpha value is -3.47. The number of allylic oxidation sites excluding steroid dienone is 1. The lowest BCUT2D eigenvalue weighted by Gasteiger charge is -2.08. The highest BCUT2D eigenvalue weighted by Gasteiger charge is 2.10. The second kappa shape index (κ2) is 17.9. The monoisotopic (exact) mass is 528 g/mol. The van der Waals surface area contributed by atoms with E-state index in [4.69, 9.17) is 9.47 Å². The Morgan fingerprint density at radius 3 is 2.08 bits per heavy atom. The summed E-state index contributed by atoms with van der Waals surface area (Å²) in [5, 5.41) is 0. The fraction of sp³-hybridized carbons (Fsp3) is 0.441. The summed E-state index contributed by atoms with van der Waals surface area (Å²) in [6.07, 6.45) is 21.5. The molecule has 0 spiro atoms. The van der Waals surface area contributed by atoms with Crippen LogP contribution in [0, 0.1) is 0 Å². The van der Waals surface area contributed by atoms with Gasteiger partial charge in [0, 0.05) is 18.0 Å². The van der Waals surface area contributed by atoms with E-state index in [0.717, 1.165) is 30.6 Å². The van der Waals surface area contributed by atoms with Crippen LogP contribution in [0.5, 0.6) is 11.5 Å². The van der Waals surface area contributed by atoms with E-state index >= 15 is 0 Å². The van der Waals surface area contributed by atoms with Crippen LogP contribution in [0.2, 0.25) is 0 Å². The van der Waals surface area contributed by atoms with E-state index < -0.39 is 5.97 Å². The van der Waals surface area contributed by atoms with E-state index in [1.54, 1.807) is 24.3 Å². The summed E-state index contributed by atoms with van der Waals surface area (Å²) < 4.78 is 11.4. The van der Waals surface area contributed by atoms with Gasteiger partial charge in [0.25, 0.3) is 0 Å². The first-order valence-electron chi connectivity index (χ1n) is 14.7. The topological polar surface area (TPSA) is 61.3 Å². The number of carbonyl (C=O) groups is 1. The lowest BCUT2D eigenvalue weighted by molar-refractivity contribution is 0.0734. The molecule has 0 atom stereocenters. The molecule has 0 radical (unpaired) electrons. The van der Waals surface area contributed by atoms with Crippen molar-refractivity contribution >= 4 is 5.97 Å². The molecule has 0 bridgehead atoms. The minimum Gasteiger partial charge on any atom is -0.494 e. The summed E-state index contributed by atoms with van der Waals surface area (Å²) in [6, 6.07) is 14.4. The Labute approximate surface area is 234 Å². The summed E-state index contributed by atoms with van der Waals surface area (Å²) in [6.45, 7) is 6.68. The van der Waals surface area contributed by atoms with Gasteiger partial charge in [0.15, 0.2) is 5.82 Å². The fourth-order valence-electron chi connectivity index (χ4n) is 4.38. The molecule has 3 rings (SSSR count). The molecular formula is C34H44N2O3. The highest BCUT2D eigenvalue weighted by Crippen LogP contribution is 2.21. The van der Waals surface area contributed by atoms with Crippen molar-refractivity contribution in [3.05, 3.63) is 84.7 Å². The summed E-state index contributed by atoms with van der Waals surface area (Å²) in [7, 11) is 0. The van der Waals surface area contributed by atoms with E-state index in [1.165, 1.54) is 69.8 Å². The van der Waals surface area contributed by atoms with Crippen LogP contribution >= 0.6 is 0 Å². The fourth-order valence-corrected chi connectivity index (χ4v) is 4.38. The first-order chi connectivity index (χ1) is 19.2. The average Bonchev–Trinajstić information content (AvgIpc) is 2.97. The van der Waals surface area contributed by atoms with Crippen molar-refractivity contribution in [2.75, 3.05) is 6.61 Å². The molecule has 0 fully saturated rings. The van der Waals surface area contributed by atoms with Crippen molar-refractivity contribution in [2.45, 2.75) is 90.4 Å². The van der Waals surface area contributed by atoms with Gasteiger partial charge in [-0.25, -0.2) is 14.8 Å². The van der Waals surface area contributed by atoms with Gasteiger partial charge in [-0.05, 0) is 86.2 Å². The SMILES string of the molecule is C=CCCCCCCCCOc1ccc(C(=O)Oc2ccc(-c3ncc(CCCCCCC)cn3)cc2)cc1. The van der Waals surface area contributed by atoms with Gasteiger partial charge in [0.1, 0.15) is 11.5 Å². The van der Waals surface area contributed by atoms with Gasteiger partial charge in [-0.2, -0.15) is 0 Å². The zero-order valence-electron chi connectivity index (χ0n) is 23.6. The summed E-state index contributed by atoms with van der Waals surface area (Å²) in [5.41, 5.74) is 2.54. The van der Waals surface area contributed by atoms with Crippen molar-refractivity contribution in [1.82, 2.24) is 9.97 Å². The Bertz CT molecular complexity index is 1090. The molecular weight excluding hydrogens is 484 g/mol. The van der Waals surface area contributed by atoms with E-state index in [2.05, 4.69) is 23.5 Å². The molecule has 3 aromatic rings. The standard InChI is InChI=1S/C34H44N2O3/c1-3-5-7-9-10-11-13-15-25-38-31-21-19-30(20-22-31)34(37)39-32-23-17-29(18-24-32)33-35-26-28(27-36-33)16-14-12-8-6-4-2/h3,17-24,26-27H,1,4-16,25H2,2H3. The lowest BCUT2D eigenvalue weighted by atomic mass is 10.1. The first-order valence-corrected chi connectivity index (χ1v) is 14.7. The van der Waals surface area contributed by atoms with Gasteiger partial charge < -0.3 is 9.47 Å². The van der Waals surface area contributed by atoms with Gasteiger partial charge in [0.05, 0.1) is 12.2 Å². The van der Waals surface area contributed by atoms with Crippen LogP contribution in [-0.4, -0.2) is 22.5 Å². The minimum atomic E-state index is -0.398. The van der Waals surface area contributed by atoms with Crippen LogP contribution in [0.1, 0.15) is 99.9 Å². The van der Waals surface area contributed by atoms with Gasteiger partial charge in [0.2, 0.25) is 0 Å². The Morgan fingerprint density at radius 2 is 1.38 bits per heavy atom. The van der Waals surface area contributed by atoms with E-state index in [9.17, 15) is 4.79 Å². The third-order valence-electron chi connectivity index (χ3n) is 6.76. The number of hydrogen-bond donors (Lipinski definition) is 0. The van der Waals surface area contributed by atoms with Gasteiger partial charge in [-0.15, -0.1) is 6.58 Å². The van der Waals surface area contributed by atoms with Crippen LogP contribution in [-0.2, 0) is 6.42 Å². The summed E-state index contributed by atoms with van der Waals surface area (Å²) in [4.78, 5) is 21.6. The largest absolute Gasteiger partial charge is 0.494 e. The van der Waals surface area contributed by atoms with Crippen molar-refractivity contribution in [3.63, 3.8) is 0 Å². The number of unbranched alkanes of at least 4 members (excludes halogenated alkanes) is 10. The molecule has 5 heteroatoms. The third kappa shape index (κ3) is 11.4. The third-order valence-corrected chi connectivity index (χ3v) is 6.76. The van der Waals surface area contributed by atoms with Crippen LogP contribution < -0.4 is 9.47 Å².